The molecule has 0 heterocycles. The number of nitrogens with zero attached hydrogens (tertiary/aromatic N) is 1. The monoisotopic (exact) mass is 375 g/mol. The fraction of sp³-hybridized carbons (Fsp3) is 0.500. The molecule has 4 nitrogen and oxygen atoms in total. The summed E-state index contributed by atoms with van der Waals surface area (Å²) in [5, 5.41) is 3.22. The average molecular weight is 375 g/mol. The van der Waals surface area contributed by atoms with Crippen LogP contribution >= 0.6 is 24.0 Å². The molecule has 0 amide bonds. The van der Waals surface area contributed by atoms with Crippen LogP contribution in [0.1, 0.15) is 18.9 Å². The molecule has 5 heteroatoms. The Morgan fingerprint density at radius 1 is 1.42 bits per heavy atom. The molecular weight excluding hydrogens is 353 g/mol. The van der Waals surface area contributed by atoms with Gasteiger partial charge < -0.3 is 15.8 Å². The second-order valence-electron chi connectivity index (χ2n) is 4.83. The fourth-order valence-corrected chi connectivity index (χ4v) is 1.86. The van der Waals surface area contributed by atoms with Gasteiger partial charge in [-0.25, -0.2) is 0 Å². The lowest BCUT2D eigenvalue weighted by molar-refractivity contribution is 0.414. The van der Waals surface area contributed by atoms with Crippen molar-refractivity contribution in [2.24, 2.45) is 16.6 Å². The first kappa shape index (κ1) is 16.1. The molecule has 1 aromatic rings. The number of aliphatic imine (C=N–C) groups is 1. The highest BCUT2D eigenvalue weighted by Gasteiger charge is 2.32. The molecule has 1 aliphatic rings. The third kappa shape index (κ3) is 5.26. The number of hydrogen-bond donors (Lipinski definition) is 2. The summed E-state index contributed by atoms with van der Waals surface area (Å²) in [6.45, 7) is 2.93. The first-order chi connectivity index (χ1) is 8.69. The van der Waals surface area contributed by atoms with Crippen molar-refractivity contribution in [3.8, 4) is 5.75 Å². The molecule has 106 valence electrons. The number of guanidine groups is 1. The van der Waals surface area contributed by atoms with Gasteiger partial charge in [0.2, 0.25) is 0 Å². The minimum atomic E-state index is 0. The Hall–Kier alpha value is -0.980. The van der Waals surface area contributed by atoms with Gasteiger partial charge in [0.15, 0.2) is 5.96 Å². The molecule has 0 radical (unpaired) electrons. The molecular formula is C14H22IN3O. The molecule has 19 heavy (non-hydrogen) atoms. The summed E-state index contributed by atoms with van der Waals surface area (Å²) < 4.78 is 5.12. The zero-order chi connectivity index (χ0) is 13.0. The molecule has 1 fully saturated rings. The van der Waals surface area contributed by atoms with E-state index in [1.165, 1.54) is 12.0 Å². The Labute approximate surface area is 131 Å². The zero-order valence-corrected chi connectivity index (χ0v) is 13.8. The summed E-state index contributed by atoms with van der Waals surface area (Å²) in [5.74, 6) is 2.18. The predicted octanol–water partition coefficient (Wildman–Crippen LogP) is 2.17. The van der Waals surface area contributed by atoms with Gasteiger partial charge in [-0.3, -0.25) is 4.99 Å². The van der Waals surface area contributed by atoms with Crippen molar-refractivity contribution in [2.75, 3.05) is 13.7 Å². The zero-order valence-electron chi connectivity index (χ0n) is 11.4. The van der Waals surface area contributed by atoms with E-state index in [0.717, 1.165) is 18.1 Å². The van der Waals surface area contributed by atoms with E-state index in [9.17, 15) is 0 Å². The molecule has 2 unspecified atom stereocenters. The normalized spacial score (nSPS) is 21.5. The number of ether oxygens (including phenoxy) is 1. The number of rotatable bonds is 5. The summed E-state index contributed by atoms with van der Waals surface area (Å²) in [6.07, 6.45) is 2.10. The predicted molar refractivity (Wildman–Crippen MR) is 89.3 cm³/mol. The smallest absolute Gasteiger partial charge is 0.188 e. The molecule has 1 aromatic carbocycles. The highest BCUT2D eigenvalue weighted by molar-refractivity contribution is 14.0. The van der Waals surface area contributed by atoms with Crippen LogP contribution in [-0.2, 0) is 6.42 Å². The van der Waals surface area contributed by atoms with Crippen molar-refractivity contribution in [1.82, 2.24) is 5.32 Å². The van der Waals surface area contributed by atoms with Crippen LogP contribution in [0.4, 0.5) is 0 Å². The molecule has 2 atom stereocenters. The van der Waals surface area contributed by atoms with Gasteiger partial charge in [0.1, 0.15) is 5.75 Å². The first-order valence-corrected chi connectivity index (χ1v) is 6.38. The number of benzene rings is 1. The van der Waals surface area contributed by atoms with Gasteiger partial charge in [-0.15, -0.1) is 24.0 Å². The fourth-order valence-electron chi connectivity index (χ4n) is 1.86. The maximum atomic E-state index is 5.81. The molecule has 0 aliphatic heterocycles. The summed E-state index contributed by atoms with van der Waals surface area (Å²) >= 11 is 0. The van der Waals surface area contributed by atoms with Crippen LogP contribution in [0.2, 0.25) is 0 Å². The maximum absolute atomic E-state index is 5.81. The average Bonchev–Trinajstić information content (AvgIpc) is 3.05. The van der Waals surface area contributed by atoms with Gasteiger partial charge in [-0.2, -0.15) is 0 Å². The number of nitrogens with two attached hydrogens (primary N) is 1. The van der Waals surface area contributed by atoms with Crippen molar-refractivity contribution in [3.63, 3.8) is 0 Å². The number of methoxy groups -OCH3 is 1. The standard InChI is InChI=1S/C14H21N3O.HI/c1-10-9-13(10)17-14(15)16-8-7-11-3-5-12(18-2)6-4-11;/h3-6,10,13H,7-9H2,1-2H3,(H3,15,16,17);1H. The van der Waals surface area contributed by atoms with Gasteiger partial charge in [0.05, 0.1) is 7.11 Å². The van der Waals surface area contributed by atoms with Gasteiger partial charge in [0, 0.05) is 12.6 Å². The van der Waals surface area contributed by atoms with E-state index >= 15 is 0 Å². The van der Waals surface area contributed by atoms with E-state index in [4.69, 9.17) is 10.5 Å². The summed E-state index contributed by atoms with van der Waals surface area (Å²) in [6, 6.07) is 8.58. The summed E-state index contributed by atoms with van der Waals surface area (Å²) in [7, 11) is 1.67. The molecule has 3 N–H and O–H groups in total. The SMILES string of the molecule is COc1ccc(CCN=C(N)NC2CC2C)cc1.I. The van der Waals surface area contributed by atoms with Crippen molar-refractivity contribution in [1.29, 1.82) is 0 Å². The van der Waals surface area contributed by atoms with Crippen molar-refractivity contribution < 1.29 is 4.74 Å². The minimum absolute atomic E-state index is 0. The lowest BCUT2D eigenvalue weighted by Gasteiger charge is -2.04. The van der Waals surface area contributed by atoms with E-state index in [1.807, 2.05) is 12.1 Å². The van der Waals surface area contributed by atoms with Gasteiger partial charge in [-0.1, -0.05) is 19.1 Å². The van der Waals surface area contributed by atoms with Gasteiger partial charge >= 0.3 is 0 Å². The number of hydrogen-bond acceptors (Lipinski definition) is 2. The molecule has 0 spiro atoms. The lowest BCUT2D eigenvalue weighted by Crippen LogP contribution is -2.34. The van der Waals surface area contributed by atoms with Gasteiger partial charge in [-0.05, 0) is 36.5 Å². The van der Waals surface area contributed by atoms with Crippen LogP contribution < -0.4 is 15.8 Å². The van der Waals surface area contributed by atoms with Crippen LogP contribution in [0.25, 0.3) is 0 Å². The van der Waals surface area contributed by atoms with Crippen molar-refractivity contribution in [3.05, 3.63) is 29.8 Å². The lowest BCUT2D eigenvalue weighted by atomic mass is 10.1. The van der Waals surface area contributed by atoms with Crippen molar-refractivity contribution in [2.45, 2.75) is 25.8 Å². The summed E-state index contributed by atoms with van der Waals surface area (Å²) in [4.78, 5) is 4.33. The maximum Gasteiger partial charge on any atom is 0.188 e. The topological polar surface area (TPSA) is 59.6 Å². The quantitative estimate of drug-likeness (QED) is 0.471. The first-order valence-electron chi connectivity index (χ1n) is 6.38. The molecule has 1 aliphatic carbocycles. The highest BCUT2D eigenvalue weighted by atomic mass is 127. The second-order valence-corrected chi connectivity index (χ2v) is 4.83. The van der Waals surface area contributed by atoms with Gasteiger partial charge in [0.25, 0.3) is 0 Å². The van der Waals surface area contributed by atoms with Crippen LogP contribution in [0.15, 0.2) is 29.3 Å². The molecule has 0 aromatic heterocycles. The van der Waals surface area contributed by atoms with E-state index in [1.54, 1.807) is 7.11 Å². The second kappa shape index (κ2) is 7.57. The van der Waals surface area contributed by atoms with Crippen LogP contribution in [0.5, 0.6) is 5.75 Å². The Morgan fingerprint density at radius 3 is 2.58 bits per heavy atom. The number of halogens is 1. The van der Waals surface area contributed by atoms with E-state index in [2.05, 4.69) is 29.4 Å². The molecule has 0 bridgehead atoms. The largest absolute Gasteiger partial charge is 0.497 e. The van der Waals surface area contributed by atoms with E-state index in [-0.39, 0.29) is 24.0 Å². The van der Waals surface area contributed by atoms with Crippen molar-refractivity contribution >= 4 is 29.9 Å². The third-order valence-electron chi connectivity index (χ3n) is 3.28. The minimum Gasteiger partial charge on any atom is -0.497 e. The highest BCUT2D eigenvalue weighted by Crippen LogP contribution is 2.28. The summed E-state index contributed by atoms with van der Waals surface area (Å²) in [5.41, 5.74) is 7.05. The van der Waals surface area contributed by atoms with Crippen LogP contribution in [0.3, 0.4) is 0 Å². The Kier molecular flexibility index (Phi) is 6.41. The van der Waals surface area contributed by atoms with Crippen LogP contribution in [-0.4, -0.2) is 25.7 Å². The molecule has 0 saturated heterocycles. The van der Waals surface area contributed by atoms with Crippen LogP contribution in [0, 0.1) is 5.92 Å². The third-order valence-corrected chi connectivity index (χ3v) is 3.28. The molecule has 2 rings (SSSR count). The Balaban J connectivity index is 0.00000180. The number of nitrogens with one attached hydrogen (secondary N) is 1. The van der Waals surface area contributed by atoms with E-state index in [0.29, 0.717) is 18.5 Å². The van der Waals surface area contributed by atoms with E-state index < -0.39 is 0 Å². The Bertz CT molecular complexity index is 419. The molecule has 1 saturated carbocycles. The Morgan fingerprint density at radius 2 is 2.05 bits per heavy atom.